The average Bonchev–Trinajstić information content (AvgIpc) is 3.04. The summed E-state index contributed by atoms with van der Waals surface area (Å²) in [5.74, 6) is -0.308. The number of nitrogens with zero attached hydrogens (tertiary/aromatic N) is 2. The van der Waals surface area contributed by atoms with Gasteiger partial charge in [0.1, 0.15) is 6.54 Å². The van der Waals surface area contributed by atoms with Gasteiger partial charge in [-0.3, -0.25) is 9.59 Å². The third-order valence-corrected chi connectivity index (χ3v) is 5.88. The van der Waals surface area contributed by atoms with Gasteiger partial charge >= 0.3 is 0 Å². The minimum Gasteiger partial charge on any atom is -0.352 e. The summed E-state index contributed by atoms with van der Waals surface area (Å²) in [5, 5.41) is 2.76. The predicted octanol–water partition coefficient (Wildman–Crippen LogP) is 0.548. The Labute approximate surface area is 136 Å². The molecule has 1 atom stereocenters. The minimum atomic E-state index is -3.60. The first-order valence-corrected chi connectivity index (χ1v) is 9.28. The topological polar surface area (TPSA) is 88.5 Å². The van der Waals surface area contributed by atoms with Crippen molar-refractivity contribution < 1.29 is 13.2 Å². The van der Waals surface area contributed by atoms with Crippen molar-refractivity contribution in [3.05, 3.63) is 28.7 Å². The van der Waals surface area contributed by atoms with E-state index in [4.69, 9.17) is 0 Å². The zero-order valence-corrected chi connectivity index (χ0v) is 14.3. The van der Waals surface area contributed by atoms with E-state index in [-0.39, 0.29) is 23.4 Å². The Kier molecular flexibility index (Phi) is 5.59. The van der Waals surface area contributed by atoms with Crippen molar-refractivity contribution in [1.82, 2.24) is 14.2 Å². The average molecular weight is 341 g/mol. The monoisotopic (exact) mass is 341 g/mol. The van der Waals surface area contributed by atoms with Crippen LogP contribution in [0.1, 0.15) is 33.1 Å². The number of amides is 1. The van der Waals surface area contributed by atoms with Gasteiger partial charge in [-0.05, 0) is 32.3 Å². The Morgan fingerprint density at radius 1 is 1.30 bits per heavy atom. The fourth-order valence-corrected chi connectivity index (χ4v) is 3.98. The van der Waals surface area contributed by atoms with Gasteiger partial charge in [-0.25, -0.2) is 8.42 Å². The van der Waals surface area contributed by atoms with Crippen molar-refractivity contribution in [2.75, 3.05) is 13.1 Å². The molecule has 1 amide bonds. The molecular formula is C15H23N3O4S. The summed E-state index contributed by atoms with van der Waals surface area (Å²) in [6, 6.07) is 2.51. The van der Waals surface area contributed by atoms with Gasteiger partial charge in [-0.1, -0.05) is 6.92 Å². The number of hydrogen-bond acceptors (Lipinski definition) is 4. The molecule has 0 radical (unpaired) electrons. The fraction of sp³-hybridized carbons (Fsp3) is 0.600. The lowest BCUT2D eigenvalue weighted by Gasteiger charge is -2.17. The van der Waals surface area contributed by atoms with Gasteiger partial charge in [0.05, 0.1) is 4.90 Å². The fourth-order valence-electron chi connectivity index (χ4n) is 2.44. The summed E-state index contributed by atoms with van der Waals surface area (Å²) in [6.45, 7) is 4.62. The quantitative estimate of drug-likeness (QED) is 0.818. The van der Waals surface area contributed by atoms with E-state index in [1.54, 1.807) is 0 Å². The summed E-state index contributed by atoms with van der Waals surface area (Å²) < 4.78 is 27.6. The second-order valence-electron chi connectivity index (χ2n) is 5.82. The minimum absolute atomic E-state index is 0.00900. The Morgan fingerprint density at radius 2 is 1.96 bits per heavy atom. The molecule has 8 heteroatoms. The van der Waals surface area contributed by atoms with Gasteiger partial charge in [0, 0.05) is 31.4 Å². The van der Waals surface area contributed by atoms with Gasteiger partial charge in [0.15, 0.2) is 0 Å². The van der Waals surface area contributed by atoms with E-state index in [0.29, 0.717) is 13.1 Å². The molecule has 0 saturated carbocycles. The van der Waals surface area contributed by atoms with Crippen LogP contribution in [0.15, 0.2) is 28.0 Å². The summed E-state index contributed by atoms with van der Waals surface area (Å²) >= 11 is 0. The van der Waals surface area contributed by atoms with E-state index in [2.05, 4.69) is 5.32 Å². The Morgan fingerprint density at radius 3 is 2.57 bits per heavy atom. The molecule has 1 fully saturated rings. The number of pyridine rings is 1. The van der Waals surface area contributed by atoms with Crippen LogP contribution in [0, 0.1) is 0 Å². The Bertz CT molecular complexity index is 720. The van der Waals surface area contributed by atoms with Crippen LogP contribution in [0.2, 0.25) is 0 Å². The number of nitrogens with one attached hydrogen (secondary N) is 1. The van der Waals surface area contributed by atoms with E-state index in [1.165, 1.54) is 22.6 Å². The molecule has 0 aromatic carbocycles. The first kappa shape index (κ1) is 17.7. The van der Waals surface area contributed by atoms with Gasteiger partial charge in [0.2, 0.25) is 15.9 Å². The Hall–Kier alpha value is -1.67. The van der Waals surface area contributed by atoms with Crippen LogP contribution in [0.25, 0.3) is 0 Å². The molecule has 0 unspecified atom stereocenters. The lowest BCUT2D eigenvalue weighted by molar-refractivity contribution is -0.122. The molecule has 0 aliphatic carbocycles. The highest BCUT2D eigenvalue weighted by Crippen LogP contribution is 2.19. The molecule has 1 aromatic heterocycles. The highest BCUT2D eigenvalue weighted by atomic mass is 32.2. The maximum absolute atomic E-state index is 12.5. The zero-order valence-electron chi connectivity index (χ0n) is 13.5. The normalized spacial score (nSPS) is 17.1. The third kappa shape index (κ3) is 4.20. The van der Waals surface area contributed by atoms with Gasteiger partial charge in [-0.15, -0.1) is 0 Å². The molecule has 23 heavy (non-hydrogen) atoms. The maximum atomic E-state index is 12.5. The molecule has 7 nitrogen and oxygen atoms in total. The van der Waals surface area contributed by atoms with Crippen molar-refractivity contribution >= 4 is 15.9 Å². The summed E-state index contributed by atoms with van der Waals surface area (Å²) in [7, 11) is -3.60. The van der Waals surface area contributed by atoms with Crippen molar-refractivity contribution in [2.45, 2.75) is 50.6 Å². The molecule has 128 valence electrons. The lowest BCUT2D eigenvalue weighted by Crippen LogP contribution is -2.37. The number of carbonyl (C=O) groups is 1. The predicted molar refractivity (Wildman–Crippen MR) is 86.6 cm³/mol. The van der Waals surface area contributed by atoms with Crippen LogP contribution in [-0.2, 0) is 21.4 Å². The molecule has 1 saturated heterocycles. The van der Waals surface area contributed by atoms with Gasteiger partial charge < -0.3 is 9.88 Å². The first-order chi connectivity index (χ1) is 10.8. The number of rotatable bonds is 6. The number of sulfonamides is 1. The summed E-state index contributed by atoms with van der Waals surface area (Å²) in [5.41, 5.74) is -0.398. The van der Waals surface area contributed by atoms with E-state index >= 15 is 0 Å². The van der Waals surface area contributed by atoms with Crippen LogP contribution in [0.4, 0.5) is 0 Å². The molecule has 1 N–H and O–H groups in total. The van der Waals surface area contributed by atoms with Crippen molar-refractivity contribution in [3.8, 4) is 0 Å². The molecule has 1 aliphatic heterocycles. The maximum Gasteiger partial charge on any atom is 0.251 e. The van der Waals surface area contributed by atoms with Crippen molar-refractivity contribution in [1.29, 1.82) is 0 Å². The smallest absolute Gasteiger partial charge is 0.251 e. The lowest BCUT2D eigenvalue weighted by atomic mass is 10.2. The van der Waals surface area contributed by atoms with E-state index in [0.717, 1.165) is 23.8 Å². The van der Waals surface area contributed by atoms with Crippen LogP contribution >= 0.6 is 0 Å². The molecular weight excluding hydrogens is 318 g/mol. The second kappa shape index (κ2) is 7.27. The van der Waals surface area contributed by atoms with E-state index in [9.17, 15) is 18.0 Å². The van der Waals surface area contributed by atoms with E-state index in [1.807, 2.05) is 13.8 Å². The SMILES string of the molecule is CC[C@H](C)NC(=O)Cn1cc(S(=O)(=O)N2CCCC2)ccc1=O. The van der Waals surface area contributed by atoms with E-state index < -0.39 is 15.6 Å². The summed E-state index contributed by atoms with van der Waals surface area (Å²) in [4.78, 5) is 23.9. The van der Waals surface area contributed by atoms with Crippen LogP contribution in [0.5, 0.6) is 0 Å². The second-order valence-corrected chi connectivity index (χ2v) is 7.76. The van der Waals surface area contributed by atoms with Gasteiger partial charge in [-0.2, -0.15) is 4.31 Å². The molecule has 2 heterocycles. The molecule has 1 aliphatic rings. The highest BCUT2D eigenvalue weighted by molar-refractivity contribution is 7.89. The molecule has 2 rings (SSSR count). The van der Waals surface area contributed by atoms with Crippen molar-refractivity contribution in [2.24, 2.45) is 0 Å². The van der Waals surface area contributed by atoms with Crippen molar-refractivity contribution in [3.63, 3.8) is 0 Å². The summed E-state index contributed by atoms with van der Waals surface area (Å²) in [6.07, 6.45) is 3.72. The number of aromatic nitrogens is 1. The molecule has 1 aromatic rings. The van der Waals surface area contributed by atoms with Crippen LogP contribution in [0.3, 0.4) is 0 Å². The standard InChI is InChI=1S/C15H23N3O4S/c1-3-12(2)16-14(19)11-17-10-13(6-7-15(17)20)23(21,22)18-8-4-5-9-18/h6-7,10,12H,3-5,8-9,11H2,1-2H3,(H,16,19)/t12-/m0/s1. The Balaban J connectivity index is 2.22. The van der Waals surface area contributed by atoms with Gasteiger partial charge in [0.25, 0.3) is 5.56 Å². The zero-order chi connectivity index (χ0) is 17.0. The largest absolute Gasteiger partial charge is 0.352 e. The number of carbonyl (C=O) groups excluding carboxylic acids is 1. The highest BCUT2D eigenvalue weighted by Gasteiger charge is 2.27. The molecule has 0 spiro atoms. The third-order valence-electron chi connectivity index (χ3n) is 3.99. The molecule has 0 bridgehead atoms. The van der Waals surface area contributed by atoms with Crippen LogP contribution in [-0.4, -0.2) is 42.3 Å². The van der Waals surface area contributed by atoms with Crippen LogP contribution < -0.4 is 10.9 Å². The number of hydrogen-bond donors (Lipinski definition) is 1. The first-order valence-electron chi connectivity index (χ1n) is 7.84.